The molecule has 0 aliphatic heterocycles. The van der Waals surface area contributed by atoms with E-state index in [1.54, 1.807) is 0 Å². The lowest BCUT2D eigenvalue weighted by Crippen LogP contribution is -2.16. The second-order valence-electron chi connectivity index (χ2n) is 4.58. The van der Waals surface area contributed by atoms with Gasteiger partial charge < -0.3 is 5.73 Å². The van der Waals surface area contributed by atoms with Crippen molar-refractivity contribution in [3.8, 4) is 0 Å². The van der Waals surface area contributed by atoms with Crippen molar-refractivity contribution in [3.05, 3.63) is 30.1 Å². The van der Waals surface area contributed by atoms with Crippen LogP contribution in [0.4, 0.5) is 0 Å². The summed E-state index contributed by atoms with van der Waals surface area (Å²) in [6, 6.07) is 4.32. The molecule has 1 aromatic heterocycles. The van der Waals surface area contributed by atoms with Gasteiger partial charge in [-0.3, -0.25) is 4.98 Å². The lowest BCUT2D eigenvalue weighted by molar-refractivity contribution is 0.313. The number of aromatic nitrogens is 1. The summed E-state index contributed by atoms with van der Waals surface area (Å²) >= 11 is 0. The zero-order valence-electron chi connectivity index (χ0n) is 9.23. The van der Waals surface area contributed by atoms with E-state index in [-0.39, 0.29) is 0 Å². The second-order valence-corrected chi connectivity index (χ2v) is 4.58. The fraction of sp³-hybridized carbons (Fsp3) is 0.615. The maximum atomic E-state index is 5.60. The lowest BCUT2D eigenvalue weighted by atomic mass is 9.78. The zero-order valence-corrected chi connectivity index (χ0v) is 9.23. The van der Waals surface area contributed by atoms with Crippen LogP contribution < -0.4 is 5.73 Å². The summed E-state index contributed by atoms with van der Waals surface area (Å²) in [4.78, 5) is 4.07. The third-order valence-corrected chi connectivity index (χ3v) is 3.60. The first kappa shape index (κ1) is 10.6. The fourth-order valence-corrected chi connectivity index (χ4v) is 2.66. The molecule has 0 unspecified atom stereocenters. The molecule has 15 heavy (non-hydrogen) atoms. The minimum Gasteiger partial charge on any atom is -0.330 e. The Hall–Kier alpha value is -0.890. The average Bonchev–Trinajstić information content (AvgIpc) is 2.32. The lowest BCUT2D eigenvalue weighted by Gasteiger charge is -2.28. The van der Waals surface area contributed by atoms with Crippen LogP contribution in [0.1, 0.15) is 43.6 Å². The predicted molar refractivity (Wildman–Crippen MR) is 62.6 cm³/mol. The molecule has 2 N–H and O–H groups in total. The number of hydrogen-bond acceptors (Lipinski definition) is 2. The maximum absolute atomic E-state index is 5.60. The van der Waals surface area contributed by atoms with E-state index in [2.05, 4.69) is 17.1 Å². The number of rotatable bonds is 3. The van der Waals surface area contributed by atoms with Gasteiger partial charge in [0.2, 0.25) is 0 Å². The van der Waals surface area contributed by atoms with Gasteiger partial charge in [-0.1, -0.05) is 0 Å². The Balaban J connectivity index is 1.88. The molecule has 1 aromatic rings. The third-order valence-electron chi connectivity index (χ3n) is 3.60. The van der Waals surface area contributed by atoms with Crippen LogP contribution >= 0.6 is 0 Å². The molecule has 0 saturated heterocycles. The minimum atomic E-state index is 0.766. The van der Waals surface area contributed by atoms with Gasteiger partial charge in [0.1, 0.15) is 0 Å². The van der Waals surface area contributed by atoms with Crippen LogP contribution in [-0.2, 0) is 0 Å². The van der Waals surface area contributed by atoms with Crippen molar-refractivity contribution in [1.29, 1.82) is 0 Å². The van der Waals surface area contributed by atoms with Crippen molar-refractivity contribution >= 4 is 0 Å². The van der Waals surface area contributed by atoms with Gasteiger partial charge in [0.05, 0.1) is 0 Å². The summed E-state index contributed by atoms with van der Waals surface area (Å²) in [5.41, 5.74) is 7.07. The van der Waals surface area contributed by atoms with Gasteiger partial charge in [-0.25, -0.2) is 0 Å². The molecule has 0 aromatic carbocycles. The van der Waals surface area contributed by atoms with E-state index in [1.807, 2.05) is 12.4 Å². The highest BCUT2D eigenvalue weighted by Crippen LogP contribution is 2.36. The van der Waals surface area contributed by atoms with E-state index in [9.17, 15) is 0 Å². The Morgan fingerprint density at radius 2 is 1.80 bits per heavy atom. The fourth-order valence-electron chi connectivity index (χ4n) is 2.66. The van der Waals surface area contributed by atoms with E-state index >= 15 is 0 Å². The van der Waals surface area contributed by atoms with E-state index in [4.69, 9.17) is 5.73 Å². The summed E-state index contributed by atoms with van der Waals surface area (Å²) in [7, 11) is 0. The molecule has 1 fully saturated rings. The Labute approximate surface area is 91.9 Å². The molecular formula is C13H20N2. The molecule has 82 valence electrons. The first-order chi connectivity index (χ1) is 7.40. The predicted octanol–water partition coefficient (Wildman–Crippen LogP) is 2.70. The second kappa shape index (κ2) is 5.26. The molecule has 2 rings (SSSR count). The molecule has 0 amide bonds. The minimum absolute atomic E-state index is 0.766. The molecule has 1 saturated carbocycles. The van der Waals surface area contributed by atoms with Crippen molar-refractivity contribution in [2.45, 2.75) is 38.0 Å². The monoisotopic (exact) mass is 204 g/mol. The Kier molecular flexibility index (Phi) is 3.73. The van der Waals surface area contributed by atoms with Crippen molar-refractivity contribution in [1.82, 2.24) is 4.98 Å². The molecule has 1 aliphatic rings. The first-order valence-corrected chi connectivity index (χ1v) is 6.00. The summed E-state index contributed by atoms with van der Waals surface area (Å²) < 4.78 is 0. The Morgan fingerprint density at radius 3 is 2.40 bits per heavy atom. The SMILES string of the molecule is NCCC1CCC(c2ccncc2)CC1. The van der Waals surface area contributed by atoms with E-state index < -0.39 is 0 Å². The molecule has 0 radical (unpaired) electrons. The summed E-state index contributed by atoms with van der Waals surface area (Å²) in [5, 5.41) is 0. The van der Waals surface area contributed by atoms with E-state index in [0.29, 0.717) is 0 Å². The average molecular weight is 204 g/mol. The van der Waals surface area contributed by atoms with Gasteiger partial charge in [-0.15, -0.1) is 0 Å². The third kappa shape index (κ3) is 2.78. The topological polar surface area (TPSA) is 38.9 Å². The van der Waals surface area contributed by atoms with Crippen LogP contribution in [0.2, 0.25) is 0 Å². The Morgan fingerprint density at radius 1 is 1.13 bits per heavy atom. The van der Waals surface area contributed by atoms with Crippen molar-refractivity contribution in [3.63, 3.8) is 0 Å². The molecule has 2 heteroatoms. The van der Waals surface area contributed by atoms with Crippen molar-refractivity contribution in [2.75, 3.05) is 6.54 Å². The number of nitrogens with two attached hydrogens (primary N) is 1. The molecule has 0 atom stereocenters. The normalized spacial score (nSPS) is 26.5. The van der Waals surface area contributed by atoms with Gasteiger partial charge in [0.25, 0.3) is 0 Å². The van der Waals surface area contributed by atoms with Crippen LogP contribution in [0.5, 0.6) is 0 Å². The van der Waals surface area contributed by atoms with Gasteiger partial charge in [0.15, 0.2) is 0 Å². The van der Waals surface area contributed by atoms with Gasteiger partial charge in [0, 0.05) is 12.4 Å². The highest BCUT2D eigenvalue weighted by molar-refractivity contribution is 5.16. The van der Waals surface area contributed by atoms with E-state index in [1.165, 1.54) is 37.7 Å². The van der Waals surface area contributed by atoms with Crippen LogP contribution in [0.25, 0.3) is 0 Å². The standard InChI is InChI=1S/C13H20N2/c14-8-5-11-1-3-12(4-2-11)13-6-9-15-10-7-13/h6-7,9-12H,1-5,8,14H2. The maximum Gasteiger partial charge on any atom is 0.0270 e. The summed E-state index contributed by atoms with van der Waals surface area (Å²) in [5.74, 6) is 1.65. The number of pyridine rings is 1. The molecular weight excluding hydrogens is 184 g/mol. The molecule has 2 nitrogen and oxygen atoms in total. The van der Waals surface area contributed by atoms with Crippen LogP contribution in [0.3, 0.4) is 0 Å². The van der Waals surface area contributed by atoms with Crippen LogP contribution in [-0.4, -0.2) is 11.5 Å². The van der Waals surface area contributed by atoms with Gasteiger partial charge in [-0.2, -0.15) is 0 Å². The van der Waals surface area contributed by atoms with Crippen LogP contribution in [0.15, 0.2) is 24.5 Å². The zero-order chi connectivity index (χ0) is 10.5. The van der Waals surface area contributed by atoms with Crippen molar-refractivity contribution in [2.24, 2.45) is 11.7 Å². The quantitative estimate of drug-likeness (QED) is 0.822. The molecule has 1 aliphatic carbocycles. The number of hydrogen-bond donors (Lipinski definition) is 1. The first-order valence-electron chi connectivity index (χ1n) is 6.00. The smallest absolute Gasteiger partial charge is 0.0270 e. The molecule has 0 bridgehead atoms. The van der Waals surface area contributed by atoms with Crippen LogP contribution in [0, 0.1) is 5.92 Å². The van der Waals surface area contributed by atoms with Gasteiger partial charge in [-0.05, 0) is 68.2 Å². The largest absolute Gasteiger partial charge is 0.330 e. The number of nitrogens with zero attached hydrogens (tertiary/aromatic N) is 1. The summed E-state index contributed by atoms with van der Waals surface area (Å²) in [6.07, 6.45) is 10.4. The molecule has 1 heterocycles. The van der Waals surface area contributed by atoms with E-state index in [0.717, 1.165) is 18.4 Å². The highest BCUT2D eigenvalue weighted by atomic mass is 14.6. The van der Waals surface area contributed by atoms with Crippen molar-refractivity contribution < 1.29 is 0 Å². The van der Waals surface area contributed by atoms with Gasteiger partial charge >= 0.3 is 0 Å². The highest BCUT2D eigenvalue weighted by Gasteiger charge is 2.21. The molecule has 0 spiro atoms. The summed E-state index contributed by atoms with van der Waals surface area (Å²) in [6.45, 7) is 0.852. The Bertz CT molecular complexity index is 276.